The Labute approximate surface area is 151 Å². The first-order valence-electron chi connectivity index (χ1n) is 8.68. The number of nitrogens with zero attached hydrogens (tertiary/aromatic N) is 3. The summed E-state index contributed by atoms with van der Waals surface area (Å²) in [6, 6.07) is 16.9. The lowest BCUT2D eigenvalue weighted by Crippen LogP contribution is -2.35. The van der Waals surface area contributed by atoms with Crippen LogP contribution in [0.1, 0.15) is 24.5 Å². The molecule has 4 rings (SSSR count). The number of ether oxygens (including phenoxy) is 1. The number of carbonyl (C=O) groups excluding carboxylic acids is 1. The number of carbonyl (C=O) groups is 1. The van der Waals surface area contributed by atoms with Crippen molar-refractivity contribution in [3.63, 3.8) is 0 Å². The van der Waals surface area contributed by atoms with E-state index in [-0.39, 0.29) is 5.91 Å². The monoisotopic (exact) mass is 349 g/mol. The smallest absolute Gasteiger partial charge is 0.268 e. The van der Waals surface area contributed by atoms with Crippen LogP contribution < -0.4 is 4.74 Å². The lowest BCUT2D eigenvalue weighted by Gasteiger charge is -2.24. The zero-order valence-corrected chi connectivity index (χ0v) is 14.2. The molecule has 6 heteroatoms. The van der Waals surface area contributed by atoms with Gasteiger partial charge in [0, 0.05) is 24.2 Å². The molecule has 0 bridgehead atoms. The Morgan fingerprint density at radius 2 is 1.77 bits per heavy atom. The average Bonchev–Trinajstić information content (AvgIpc) is 3.41. The van der Waals surface area contributed by atoms with Gasteiger partial charge in [-0.1, -0.05) is 30.3 Å². The molecule has 0 radical (unpaired) electrons. The second-order valence-corrected chi connectivity index (χ2v) is 6.21. The lowest BCUT2D eigenvalue weighted by atomic mass is 10.1. The number of hydrogen-bond acceptors (Lipinski definition) is 5. The molecule has 1 aliphatic rings. The molecule has 0 aliphatic carbocycles. The van der Waals surface area contributed by atoms with Crippen molar-refractivity contribution >= 4 is 5.91 Å². The van der Waals surface area contributed by atoms with Gasteiger partial charge in [0.1, 0.15) is 5.75 Å². The van der Waals surface area contributed by atoms with E-state index >= 15 is 0 Å². The highest BCUT2D eigenvalue weighted by molar-refractivity contribution is 5.83. The number of rotatable bonds is 5. The third-order valence-corrected chi connectivity index (χ3v) is 4.46. The maximum atomic E-state index is 13.0. The Bertz CT molecular complexity index is 842. The Hall–Kier alpha value is -3.15. The minimum absolute atomic E-state index is 0.00896. The molecule has 2 aromatic carbocycles. The van der Waals surface area contributed by atoms with Gasteiger partial charge in [-0.3, -0.25) is 4.79 Å². The molecule has 0 spiro atoms. The van der Waals surface area contributed by atoms with Gasteiger partial charge in [-0.05, 0) is 37.1 Å². The van der Waals surface area contributed by atoms with Crippen molar-refractivity contribution in [2.75, 3.05) is 13.1 Å². The van der Waals surface area contributed by atoms with Gasteiger partial charge in [0.2, 0.25) is 18.4 Å². The van der Waals surface area contributed by atoms with E-state index in [0.29, 0.717) is 11.6 Å². The summed E-state index contributed by atoms with van der Waals surface area (Å²) in [5.41, 5.74) is 1.65. The fourth-order valence-corrected chi connectivity index (χ4v) is 3.10. The SMILES string of the molecule is O=C(C(Oc1ccc(-c2nnco2)cc1)c1ccccc1)N1CCCC1. The number of benzene rings is 2. The molecule has 6 nitrogen and oxygen atoms in total. The first-order chi connectivity index (χ1) is 12.8. The molecular formula is C20H19N3O3. The molecule has 1 atom stereocenters. The highest BCUT2D eigenvalue weighted by atomic mass is 16.5. The Morgan fingerprint density at radius 1 is 1.04 bits per heavy atom. The fraction of sp³-hybridized carbons (Fsp3) is 0.250. The van der Waals surface area contributed by atoms with E-state index in [0.717, 1.165) is 37.1 Å². The Kier molecular flexibility index (Phi) is 4.64. The summed E-state index contributed by atoms with van der Waals surface area (Å²) >= 11 is 0. The van der Waals surface area contributed by atoms with Crippen LogP contribution in [0.3, 0.4) is 0 Å². The molecule has 26 heavy (non-hydrogen) atoms. The summed E-state index contributed by atoms with van der Waals surface area (Å²) in [6.45, 7) is 1.59. The lowest BCUT2D eigenvalue weighted by molar-refractivity contribution is -0.137. The largest absolute Gasteiger partial charge is 0.476 e. The van der Waals surface area contributed by atoms with Crippen molar-refractivity contribution in [2.45, 2.75) is 18.9 Å². The maximum absolute atomic E-state index is 13.0. The van der Waals surface area contributed by atoms with Crippen molar-refractivity contribution in [1.82, 2.24) is 15.1 Å². The van der Waals surface area contributed by atoms with E-state index < -0.39 is 6.10 Å². The normalized spacial score (nSPS) is 15.0. The molecule has 1 aliphatic heterocycles. The number of amides is 1. The van der Waals surface area contributed by atoms with Gasteiger partial charge in [0.05, 0.1) is 0 Å². The van der Waals surface area contributed by atoms with Crippen LogP contribution in [0.15, 0.2) is 65.4 Å². The van der Waals surface area contributed by atoms with Crippen molar-refractivity contribution < 1.29 is 13.9 Å². The first-order valence-corrected chi connectivity index (χ1v) is 8.68. The van der Waals surface area contributed by atoms with Crippen molar-refractivity contribution in [3.8, 4) is 17.2 Å². The Balaban J connectivity index is 1.57. The first kappa shape index (κ1) is 16.3. The van der Waals surface area contributed by atoms with Gasteiger partial charge < -0.3 is 14.1 Å². The van der Waals surface area contributed by atoms with Crippen LogP contribution in [0.2, 0.25) is 0 Å². The third kappa shape index (κ3) is 3.44. The second-order valence-electron chi connectivity index (χ2n) is 6.21. The molecule has 1 aromatic heterocycles. The van der Waals surface area contributed by atoms with Crippen LogP contribution in [0, 0.1) is 0 Å². The molecule has 1 amide bonds. The van der Waals surface area contributed by atoms with Gasteiger partial charge in [0.25, 0.3) is 5.91 Å². The molecular weight excluding hydrogens is 330 g/mol. The molecule has 0 N–H and O–H groups in total. The van der Waals surface area contributed by atoms with Gasteiger partial charge in [-0.15, -0.1) is 10.2 Å². The van der Waals surface area contributed by atoms with E-state index in [4.69, 9.17) is 9.15 Å². The average molecular weight is 349 g/mol. The van der Waals surface area contributed by atoms with E-state index in [9.17, 15) is 4.79 Å². The topological polar surface area (TPSA) is 68.5 Å². The summed E-state index contributed by atoms with van der Waals surface area (Å²) in [5, 5.41) is 7.57. The van der Waals surface area contributed by atoms with Gasteiger partial charge in [-0.25, -0.2) is 0 Å². The standard InChI is InChI=1S/C20H19N3O3/c24-20(23-12-4-5-13-23)18(15-6-2-1-3-7-15)26-17-10-8-16(9-11-17)19-22-21-14-25-19/h1-3,6-11,14,18H,4-5,12-13H2. The summed E-state index contributed by atoms with van der Waals surface area (Å²) in [6.07, 6.45) is 2.74. The van der Waals surface area contributed by atoms with Crippen LogP contribution >= 0.6 is 0 Å². The predicted octanol–water partition coefficient (Wildman–Crippen LogP) is 3.48. The van der Waals surface area contributed by atoms with Crippen molar-refractivity contribution in [1.29, 1.82) is 0 Å². The van der Waals surface area contributed by atoms with Crippen molar-refractivity contribution in [3.05, 3.63) is 66.6 Å². The molecule has 3 aromatic rings. The highest BCUT2D eigenvalue weighted by Gasteiger charge is 2.29. The van der Waals surface area contributed by atoms with Crippen LogP contribution in [-0.4, -0.2) is 34.1 Å². The van der Waals surface area contributed by atoms with E-state index in [1.54, 1.807) is 0 Å². The zero-order valence-electron chi connectivity index (χ0n) is 14.2. The minimum Gasteiger partial charge on any atom is -0.476 e. The fourth-order valence-electron chi connectivity index (χ4n) is 3.10. The molecule has 1 saturated heterocycles. The summed E-state index contributed by atoms with van der Waals surface area (Å²) in [5.74, 6) is 1.08. The number of hydrogen-bond donors (Lipinski definition) is 0. The quantitative estimate of drug-likeness (QED) is 0.705. The van der Waals surface area contributed by atoms with Gasteiger partial charge >= 0.3 is 0 Å². The number of aromatic nitrogens is 2. The van der Waals surface area contributed by atoms with E-state index in [2.05, 4.69) is 10.2 Å². The molecule has 1 fully saturated rings. The summed E-state index contributed by atoms with van der Waals surface area (Å²) in [7, 11) is 0. The zero-order chi connectivity index (χ0) is 17.8. The second kappa shape index (κ2) is 7.39. The summed E-state index contributed by atoms with van der Waals surface area (Å²) in [4.78, 5) is 14.9. The van der Waals surface area contributed by atoms with E-state index in [1.807, 2.05) is 59.5 Å². The maximum Gasteiger partial charge on any atom is 0.268 e. The Morgan fingerprint density at radius 3 is 2.42 bits per heavy atom. The van der Waals surface area contributed by atoms with Crippen LogP contribution in [-0.2, 0) is 4.79 Å². The van der Waals surface area contributed by atoms with Gasteiger partial charge in [-0.2, -0.15) is 0 Å². The predicted molar refractivity (Wildman–Crippen MR) is 95.4 cm³/mol. The number of likely N-dealkylation sites (tertiary alicyclic amines) is 1. The molecule has 2 heterocycles. The molecule has 0 saturated carbocycles. The highest BCUT2D eigenvalue weighted by Crippen LogP contribution is 2.27. The third-order valence-electron chi connectivity index (χ3n) is 4.46. The molecule has 132 valence electrons. The molecule has 1 unspecified atom stereocenters. The van der Waals surface area contributed by atoms with Crippen LogP contribution in [0.25, 0.3) is 11.5 Å². The minimum atomic E-state index is -0.649. The van der Waals surface area contributed by atoms with Gasteiger partial charge in [0.15, 0.2) is 0 Å². The van der Waals surface area contributed by atoms with Crippen LogP contribution in [0.4, 0.5) is 0 Å². The van der Waals surface area contributed by atoms with Crippen molar-refractivity contribution in [2.24, 2.45) is 0 Å². The van der Waals surface area contributed by atoms with Crippen LogP contribution in [0.5, 0.6) is 5.75 Å². The summed E-state index contributed by atoms with van der Waals surface area (Å²) < 4.78 is 11.3. The van der Waals surface area contributed by atoms with E-state index in [1.165, 1.54) is 6.39 Å².